The Morgan fingerprint density at radius 1 is 1.18 bits per heavy atom. The number of rotatable bonds is 4. The molecule has 94 valence electrons. The molecule has 0 unspecified atom stereocenters. The van der Waals surface area contributed by atoms with Gasteiger partial charge in [0.15, 0.2) is 0 Å². The number of carbonyl (C=O) groups is 1. The van der Waals surface area contributed by atoms with Crippen molar-refractivity contribution in [2.45, 2.75) is 39.5 Å². The number of hydrogen-bond acceptors (Lipinski definition) is 2. The largest absolute Gasteiger partial charge is 0.481 e. The zero-order valence-corrected chi connectivity index (χ0v) is 11.9. The summed E-state index contributed by atoms with van der Waals surface area (Å²) < 4.78 is 0. The molecule has 0 heterocycles. The molecule has 0 bridgehead atoms. The van der Waals surface area contributed by atoms with Crippen LogP contribution in [-0.2, 0) is 4.79 Å². The Morgan fingerprint density at radius 3 is 2.24 bits per heavy atom. The molecule has 2 nitrogen and oxygen atoms in total. The molecule has 1 N–H and O–H groups in total. The first-order valence-corrected chi connectivity index (χ1v) is 6.66. The van der Waals surface area contributed by atoms with Crippen molar-refractivity contribution in [3.05, 3.63) is 28.8 Å². The standard InChI is InChI=1S/C14H20O2S/c1-9-6-11(3)12(7-10(9)2)17-8-14(4,5)13(15)16/h6-7H,8H2,1-5H3,(H,15,16). The zero-order chi connectivity index (χ0) is 13.2. The summed E-state index contributed by atoms with van der Waals surface area (Å²) in [5.41, 5.74) is 3.07. The average molecular weight is 252 g/mol. The molecule has 0 radical (unpaired) electrons. The predicted octanol–water partition coefficient (Wildman–Crippen LogP) is 3.81. The van der Waals surface area contributed by atoms with Gasteiger partial charge in [-0.25, -0.2) is 0 Å². The van der Waals surface area contributed by atoms with Crippen LogP contribution in [0.2, 0.25) is 0 Å². The van der Waals surface area contributed by atoms with Crippen LogP contribution in [0.15, 0.2) is 17.0 Å². The summed E-state index contributed by atoms with van der Waals surface area (Å²) in [6.07, 6.45) is 0. The van der Waals surface area contributed by atoms with Crippen LogP contribution in [0, 0.1) is 26.2 Å². The summed E-state index contributed by atoms with van der Waals surface area (Å²) >= 11 is 1.62. The molecule has 1 rings (SSSR count). The Kier molecular flexibility index (Phi) is 4.26. The van der Waals surface area contributed by atoms with E-state index >= 15 is 0 Å². The lowest BCUT2D eigenvalue weighted by Crippen LogP contribution is -2.26. The topological polar surface area (TPSA) is 37.3 Å². The van der Waals surface area contributed by atoms with Gasteiger partial charge < -0.3 is 5.11 Å². The minimum atomic E-state index is -0.744. The highest BCUT2D eigenvalue weighted by molar-refractivity contribution is 7.99. The first-order valence-electron chi connectivity index (χ1n) is 5.68. The summed E-state index contributed by atoms with van der Waals surface area (Å²) in [7, 11) is 0. The maximum atomic E-state index is 11.0. The first kappa shape index (κ1) is 14.1. The molecule has 0 aliphatic heterocycles. The van der Waals surface area contributed by atoms with Gasteiger partial charge in [-0.3, -0.25) is 4.79 Å². The van der Waals surface area contributed by atoms with Gasteiger partial charge in [-0.15, -0.1) is 11.8 Å². The van der Waals surface area contributed by atoms with Crippen molar-refractivity contribution in [2.75, 3.05) is 5.75 Å². The SMILES string of the molecule is Cc1cc(C)c(SCC(C)(C)C(=O)O)cc1C. The van der Waals surface area contributed by atoms with Crippen molar-refractivity contribution in [3.63, 3.8) is 0 Å². The molecular weight excluding hydrogens is 232 g/mol. The molecule has 0 aliphatic carbocycles. The Morgan fingerprint density at radius 2 is 1.71 bits per heavy atom. The van der Waals surface area contributed by atoms with E-state index in [0.29, 0.717) is 5.75 Å². The van der Waals surface area contributed by atoms with E-state index in [2.05, 4.69) is 32.9 Å². The molecule has 0 amide bonds. The van der Waals surface area contributed by atoms with Gasteiger partial charge in [0.05, 0.1) is 5.41 Å². The van der Waals surface area contributed by atoms with Gasteiger partial charge in [0.1, 0.15) is 0 Å². The summed E-state index contributed by atoms with van der Waals surface area (Å²) in [5.74, 6) is -0.155. The van der Waals surface area contributed by atoms with Crippen LogP contribution in [0.3, 0.4) is 0 Å². The number of aliphatic carboxylic acids is 1. The fraction of sp³-hybridized carbons (Fsp3) is 0.500. The fourth-order valence-corrected chi connectivity index (χ4v) is 2.60. The first-order chi connectivity index (χ1) is 7.74. The molecule has 0 fully saturated rings. The monoisotopic (exact) mass is 252 g/mol. The van der Waals surface area contributed by atoms with E-state index in [1.54, 1.807) is 25.6 Å². The van der Waals surface area contributed by atoms with E-state index in [0.717, 1.165) is 0 Å². The lowest BCUT2D eigenvalue weighted by atomic mass is 9.97. The maximum Gasteiger partial charge on any atom is 0.309 e. The highest BCUT2D eigenvalue weighted by Gasteiger charge is 2.27. The van der Waals surface area contributed by atoms with Crippen molar-refractivity contribution >= 4 is 17.7 Å². The van der Waals surface area contributed by atoms with E-state index in [4.69, 9.17) is 5.11 Å². The third-order valence-electron chi connectivity index (χ3n) is 2.96. The summed E-state index contributed by atoms with van der Waals surface area (Å²) in [6.45, 7) is 9.78. The van der Waals surface area contributed by atoms with Crippen molar-refractivity contribution in [3.8, 4) is 0 Å². The van der Waals surface area contributed by atoms with Crippen molar-refractivity contribution in [2.24, 2.45) is 5.41 Å². The normalized spacial score (nSPS) is 11.6. The lowest BCUT2D eigenvalue weighted by molar-refractivity contribution is -0.145. The third-order valence-corrected chi connectivity index (χ3v) is 4.58. The maximum absolute atomic E-state index is 11.0. The van der Waals surface area contributed by atoms with Gasteiger partial charge >= 0.3 is 5.97 Å². The van der Waals surface area contributed by atoms with Gasteiger partial charge in [-0.2, -0.15) is 0 Å². The van der Waals surface area contributed by atoms with Crippen molar-refractivity contribution in [1.82, 2.24) is 0 Å². The van der Waals surface area contributed by atoms with E-state index in [-0.39, 0.29) is 0 Å². The third kappa shape index (κ3) is 3.50. The number of benzene rings is 1. The molecule has 0 atom stereocenters. The van der Waals surface area contributed by atoms with Crippen LogP contribution in [0.25, 0.3) is 0 Å². The Hall–Kier alpha value is -0.960. The van der Waals surface area contributed by atoms with E-state index in [9.17, 15) is 4.79 Å². The average Bonchev–Trinajstić information content (AvgIpc) is 2.21. The van der Waals surface area contributed by atoms with Gasteiger partial charge in [-0.05, 0) is 57.4 Å². The van der Waals surface area contributed by atoms with Crippen LogP contribution in [0.5, 0.6) is 0 Å². The molecule has 0 aliphatic rings. The van der Waals surface area contributed by atoms with Gasteiger partial charge in [0.2, 0.25) is 0 Å². The Balaban J connectivity index is 2.83. The van der Waals surface area contributed by atoms with E-state index in [1.165, 1.54) is 21.6 Å². The minimum Gasteiger partial charge on any atom is -0.481 e. The summed E-state index contributed by atoms with van der Waals surface area (Å²) in [4.78, 5) is 12.2. The molecule has 3 heteroatoms. The molecule has 0 saturated carbocycles. The molecular formula is C14H20O2S. The van der Waals surface area contributed by atoms with Crippen molar-refractivity contribution < 1.29 is 9.90 Å². The second kappa shape index (κ2) is 5.13. The number of thioether (sulfide) groups is 1. The molecule has 17 heavy (non-hydrogen) atoms. The van der Waals surface area contributed by atoms with Gasteiger partial charge in [-0.1, -0.05) is 6.07 Å². The van der Waals surface area contributed by atoms with Crippen molar-refractivity contribution in [1.29, 1.82) is 0 Å². The highest BCUT2D eigenvalue weighted by atomic mass is 32.2. The number of hydrogen-bond donors (Lipinski definition) is 1. The quantitative estimate of drug-likeness (QED) is 0.828. The number of carboxylic acid groups (broad SMARTS) is 1. The van der Waals surface area contributed by atoms with E-state index in [1.807, 2.05) is 0 Å². The summed E-state index contributed by atoms with van der Waals surface area (Å²) in [5, 5.41) is 9.07. The second-order valence-electron chi connectivity index (χ2n) is 5.18. The van der Waals surface area contributed by atoms with Crippen LogP contribution in [0.4, 0.5) is 0 Å². The fourth-order valence-electron chi connectivity index (χ4n) is 1.41. The van der Waals surface area contributed by atoms with Crippen LogP contribution >= 0.6 is 11.8 Å². The molecule has 0 aromatic heterocycles. The van der Waals surface area contributed by atoms with Crippen LogP contribution in [-0.4, -0.2) is 16.8 Å². The van der Waals surface area contributed by atoms with E-state index < -0.39 is 11.4 Å². The van der Waals surface area contributed by atoms with Gasteiger partial charge in [0, 0.05) is 10.6 Å². The molecule has 0 spiro atoms. The van der Waals surface area contributed by atoms with Crippen LogP contribution < -0.4 is 0 Å². The predicted molar refractivity (Wildman–Crippen MR) is 72.8 cm³/mol. The second-order valence-corrected chi connectivity index (χ2v) is 6.20. The highest BCUT2D eigenvalue weighted by Crippen LogP contribution is 2.31. The number of carboxylic acids is 1. The summed E-state index contributed by atoms with van der Waals surface area (Å²) in [6, 6.07) is 4.30. The number of aryl methyl sites for hydroxylation is 3. The molecule has 1 aromatic rings. The molecule has 0 saturated heterocycles. The lowest BCUT2D eigenvalue weighted by Gasteiger charge is -2.19. The minimum absolute atomic E-state index is 0.589. The molecule has 1 aromatic carbocycles. The van der Waals surface area contributed by atoms with Crippen LogP contribution in [0.1, 0.15) is 30.5 Å². The zero-order valence-electron chi connectivity index (χ0n) is 11.1. The van der Waals surface area contributed by atoms with Gasteiger partial charge in [0.25, 0.3) is 0 Å². The smallest absolute Gasteiger partial charge is 0.309 e. The Labute approximate surface area is 107 Å². The Bertz CT molecular complexity index is 436.